The van der Waals surface area contributed by atoms with E-state index in [1.165, 1.54) is 23.1 Å². The number of amides is 1. The van der Waals surface area contributed by atoms with E-state index < -0.39 is 11.6 Å². The zero-order chi connectivity index (χ0) is 18.5. The number of nitrogens with one attached hydrogen (secondary N) is 1. The normalized spacial score (nSPS) is 15.8. The molecule has 0 bridgehead atoms. The molecule has 1 aliphatic rings. The maximum absolute atomic E-state index is 13.2. The van der Waals surface area contributed by atoms with Crippen LogP contribution in [0.2, 0.25) is 0 Å². The van der Waals surface area contributed by atoms with Gasteiger partial charge in [0.15, 0.2) is 11.6 Å². The smallest absolute Gasteiger partial charge is 0.251 e. The van der Waals surface area contributed by atoms with E-state index >= 15 is 0 Å². The minimum absolute atomic E-state index is 0.0590. The summed E-state index contributed by atoms with van der Waals surface area (Å²) >= 11 is 3.88. The van der Waals surface area contributed by atoms with Gasteiger partial charge in [0.05, 0.1) is 4.58 Å². The third-order valence-corrected chi connectivity index (χ3v) is 7.40. The lowest BCUT2D eigenvalue weighted by molar-refractivity contribution is 0.0938. The van der Waals surface area contributed by atoms with E-state index in [0.717, 1.165) is 11.6 Å². The number of rotatable bonds is 6. The highest BCUT2D eigenvalue weighted by atomic mass is 32.2. The molecule has 1 unspecified atom stereocenters. The molecule has 1 saturated heterocycles. The molecule has 0 spiro atoms. The number of carbonyl (C=O) groups is 1. The van der Waals surface area contributed by atoms with Crippen molar-refractivity contribution in [2.24, 2.45) is 0 Å². The fourth-order valence-corrected chi connectivity index (χ4v) is 5.66. The van der Waals surface area contributed by atoms with Gasteiger partial charge in [0.1, 0.15) is 0 Å². The summed E-state index contributed by atoms with van der Waals surface area (Å²) in [6.45, 7) is 1.91. The lowest BCUT2D eigenvalue weighted by Gasteiger charge is -2.15. The van der Waals surface area contributed by atoms with Crippen LogP contribution in [-0.4, -0.2) is 23.5 Å². The minimum atomic E-state index is -0.840. The van der Waals surface area contributed by atoms with Gasteiger partial charge in [-0.2, -0.15) is 0 Å². The topological polar surface area (TPSA) is 29.1 Å². The second-order valence-electron chi connectivity index (χ2n) is 6.36. The average Bonchev–Trinajstić information content (AvgIpc) is 3.17. The van der Waals surface area contributed by atoms with Crippen LogP contribution in [0.25, 0.3) is 0 Å². The van der Waals surface area contributed by atoms with Gasteiger partial charge in [0.2, 0.25) is 0 Å². The van der Waals surface area contributed by atoms with Crippen LogP contribution in [0.4, 0.5) is 8.78 Å². The summed E-state index contributed by atoms with van der Waals surface area (Å²) in [4.78, 5) is 12.4. The Balaban J connectivity index is 1.51. The lowest BCUT2D eigenvalue weighted by atomic mass is 10.1. The van der Waals surface area contributed by atoms with Crippen molar-refractivity contribution in [3.05, 3.63) is 70.8 Å². The van der Waals surface area contributed by atoms with Crippen LogP contribution in [0.15, 0.2) is 42.5 Å². The van der Waals surface area contributed by atoms with Crippen molar-refractivity contribution in [1.82, 2.24) is 5.32 Å². The predicted molar refractivity (Wildman–Crippen MR) is 106 cm³/mol. The molecule has 1 fully saturated rings. The third kappa shape index (κ3) is 5.01. The summed E-state index contributed by atoms with van der Waals surface area (Å²) in [6.07, 6.45) is 1.23. The molecule has 1 heterocycles. The first kappa shape index (κ1) is 19.2. The van der Waals surface area contributed by atoms with Crippen LogP contribution in [-0.2, 0) is 6.42 Å². The lowest BCUT2D eigenvalue weighted by Crippen LogP contribution is -2.32. The fraction of sp³-hybridized carbons (Fsp3) is 0.350. The van der Waals surface area contributed by atoms with Crippen LogP contribution in [0, 0.1) is 11.6 Å². The van der Waals surface area contributed by atoms with Gasteiger partial charge in [0, 0.05) is 23.1 Å². The van der Waals surface area contributed by atoms with E-state index in [0.29, 0.717) is 23.0 Å². The summed E-state index contributed by atoms with van der Waals surface area (Å²) in [6, 6.07) is 11.6. The Morgan fingerprint density at radius 2 is 1.81 bits per heavy atom. The zero-order valence-corrected chi connectivity index (χ0v) is 16.1. The molecular formula is C20H21F2NOS2. The summed E-state index contributed by atoms with van der Waals surface area (Å²) in [7, 11) is 0. The molecule has 0 radical (unpaired) electrons. The van der Waals surface area contributed by atoms with Crippen LogP contribution < -0.4 is 5.32 Å². The predicted octanol–water partition coefficient (Wildman–Crippen LogP) is 5.19. The SMILES string of the molecule is CC(CCc1ccc(F)c(F)c1)NC(=O)c1ccc(C2SCCS2)cc1. The van der Waals surface area contributed by atoms with Gasteiger partial charge < -0.3 is 5.32 Å². The first-order chi connectivity index (χ1) is 12.5. The molecule has 0 saturated carbocycles. The maximum atomic E-state index is 13.2. The Labute approximate surface area is 161 Å². The summed E-state index contributed by atoms with van der Waals surface area (Å²) in [5.41, 5.74) is 2.61. The Bertz CT molecular complexity index is 761. The monoisotopic (exact) mass is 393 g/mol. The van der Waals surface area contributed by atoms with Crippen molar-refractivity contribution in [2.75, 3.05) is 11.5 Å². The molecule has 0 aliphatic carbocycles. The van der Waals surface area contributed by atoms with Gasteiger partial charge in [0.25, 0.3) is 5.91 Å². The number of thioether (sulfide) groups is 2. The molecule has 2 aromatic carbocycles. The van der Waals surface area contributed by atoms with Crippen molar-refractivity contribution >= 4 is 29.4 Å². The number of aryl methyl sites for hydroxylation is 1. The van der Waals surface area contributed by atoms with E-state index in [1.54, 1.807) is 6.07 Å². The molecule has 2 aromatic rings. The second kappa shape index (κ2) is 8.91. The zero-order valence-electron chi connectivity index (χ0n) is 14.5. The van der Waals surface area contributed by atoms with Gasteiger partial charge in [-0.25, -0.2) is 8.78 Å². The fourth-order valence-electron chi connectivity index (χ4n) is 2.80. The van der Waals surface area contributed by atoms with Crippen molar-refractivity contribution in [1.29, 1.82) is 0 Å². The highest BCUT2D eigenvalue weighted by Crippen LogP contribution is 2.45. The molecule has 26 heavy (non-hydrogen) atoms. The number of hydrogen-bond donors (Lipinski definition) is 1. The van der Waals surface area contributed by atoms with Gasteiger partial charge in [-0.1, -0.05) is 18.2 Å². The number of carbonyl (C=O) groups excluding carboxylic acids is 1. The third-order valence-electron chi connectivity index (χ3n) is 4.29. The number of hydrogen-bond acceptors (Lipinski definition) is 3. The second-order valence-corrected chi connectivity index (χ2v) is 9.08. The van der Waals surface area contributed by atoms with Gasteiger partial charge in [-0.3, -0.25) is 4.79 Å². The van der Waals surface area contributed by atoms with Crippen molar-refractivity contribution in [3.63, 3.8) is 0 Å². The van der Waals surface area contributed by atoms with Crippen LogP contribution in [0.5, 0.6) is 0 Å². The first-order valence-electron chi connectivity index (χ1n) is 8.61. The van der Waals surface area contributed by atoms with E-state index in [-0.39, 0.29) is 11.9 Å². The Hall–Kier alpha value is -1.53. The Morgan fingerprint density at radius 1 is 1.12 bits per heavy atom. The molecule has 2 nitrogen and oxygen atoms in total. The van der Waals surface area contributed by atoms with Crippen LogP contribution >= 0.6 is 23.5 Å². The van der Waals surface area contributed by atoms with E-state index in [2.05, 4.69) is 5.32 Å². The van der Waals surface area contributed by atoms with Crippen molar-refractivity contribution in [2.45, 2.75) is 30.4 Å². The molecule has 138 valence electrons. The van der Waals surface area contributed by atoms with Gasteiger partial charge >= 0.3 is 0 Å². The highest BCUT2D eigenvalue weighted by molar-refractivity contribution is 8.19. The van der Waals surface area contributed by atoms with Crippen LogP contribution in [0.1, 0.15) is 39.4 Å². The van der Waals surface area contributed by atoms with Crippen molar-refractivity contribution in [3.8, 4) is 0 Å². The molecule has 6 heteroatoms. The van der Waals surface area contributed by atoms with Gasteiger partial charge in [-0.15, -0.1) is 23.5 Å². The minimum Gasteiger partial charge on any atom is -0.350 e. The molecule has 1 amide bonds. The first-order valence-corrected chi connectivity index (χ1v) is 10.7. The highest BCUT2D eigenvalue weighted by Gasteiger charge is 2.18. The summed E-state index contributed by atoms with van der Waals surface area (Å²) in [5.74, 6) is 0.562. The quantitative estimate of drug-likeness (QED) is 0.732. The maximum Gasteiger partial charge on any atom is 0.251 e. The van der Waals surface area contributed by atoms with Crippen molar-refractivity contribution < 1.29 is 13.6 Å². The summed E-state index contributed by atoms with van der Waals surface area (Å²) < 4.78 is 26.7. The molecule has 1 N–H and O–H groups in total. The number of benzene rings is 2. The number of halogens is 2. The largest absolute Gasteiger partial charge is 0.350 e. The van der Waals surface area contributed by atoms with E-state index in [1.807, 2.05) is 54.7 Å². The molecule has 1 aliphatic heterocycles. The molecule has 1 atom stereocenters. The van der Waals surface area contributed by atoms with Gasteiger partial charge in [-0.05, 0) is 55.2 Å². The van der Waals surface area contributed by atoms with E-state index in [4.69, 9.17) is 0 Å². The summed E-state index contributed by atoms with van der Waals surface area (Å²) in [5, 5.41) is 2.96. The standard InChI is InChI=1S/C20H21F2NOS2/c1-13(2-3-14-4-9-17(21)18(22)12-14)23-19(24)15-5-7-16(8-6-15)20-25-10-11-26-20/h4-9,12-13,20H,2-3,10-11H2,1H3,(H,23,24). The Morgan fingerprint density at radius 3 is 2.46 bits per heavy atom. The molecule has 3 rings (SSSR count). The Kier molecular flexibility index (Phi) is 6.59. The van der Waals surface area contributed by atoms with E-state index in [9.17, 15) is 13.6 Å². The van der Waals surface area contributed by atoms with Crippen LogP contribution in [0.3, 0.4) is 0 Å². The molecule has 0 aromatic heterocycles. The molecular weight excluding hydrogens is 372 g/mol. The average molecular weight is 394 g/mol.